The van der Waals surface area contributed by atoms with Crippen molar-refractivity contribution in [1.29, 1.82) is 5.26 Å². The Morgan fingerprint density at radius 1 is 1.35 bits per heavy atom. The number of oxazole rings is 1. The molecule has 0 radical (unpaired) electrons. The summed E-state index contributed by atoms with van der Waals surface area (Å²) in [6.07, 6.45) is 0. The molecule has 0 amide bonds. The van der Waals surface area contributed by atoms with Crippen LogP contribution in [0, 0.1) is 11.3 Å². The molecule has 2 rings (SSSR count). The number of rotatable bonds is 4. The molecule has 106 valence electrons. The van der Waals surface area contributed by atoms with Gasteiger partial charge in [-0.2, -0.15) is 10.2 Å². The maximum atomic E-state index is 11.9. The third kappa shape index (κ3) is 2.26. The van der Waals surface area contributed by atoms with Crippen molar-refractivity contribution in [2.75, 3.05) is 26.5 Å². The van der Waals surface area contributed by atoms with Crippen molar-refractivity contribution in [3.05, 3.63) is 17.8 Å². The first kappa shape index (κ1) is 14.1. The van der Waals surface area contributed by atoms with Gasteiger partial charge in [0, 0.05) is 21.1 Å². The predicted molar refractivity (Wildman–Crippen MR) is 69.3 cm³/mol. The van der Waals surface area contributed by atoms with Crippen molar-refractivity contribution in [2.24, 2.45) is 0 Å². The molecular formula is C11H12N4O4S. The van der Waals surface area contributed by atoms with E-state index in [-0.39, 0.29) is 28.3 Å². The second-order valence-corrected chi connectivity index (χ2v) is 6.05. The highest BCUT2D eigenvalue weighted by Gasteiger charge is 2.24. The van der Waals surface area contributed by atoms with Crippen LogP contribution in [0.2, 0.25) is 0 Å². The van der Waals surface area contributed by atoms with E-state index >= 15 is 0 Å². The second-order valence-electron chi connectivity index (χ2n) is 3.96. The number of sulfonamides is 1. The van der Waals surface area contributed by atoms with Crippen molar-refractivity contribution in [2.45, 2.75) is 5.09 Å². The van der Waals surface area contributed by atoms with E-state index in [1.54, 1.807) is 7.05 Å². The first-order valence-corrected chi connectivity index (χ1v) is 6.95. The van der Waals surface area contributed by atoms with Crippen LogP contribution < -0.4 is 5.32 Å². The SMILES string of the molecule is CNc1oc(-c2ccc(S(=O)(=O)N(C)C)o2)nc1C#N. The number of hydrogen-bond acceptors (Lipinski definition) is 7. The minimum Gasteiger partial charge on any atom is -0.438 e. The minimum atomic E-state index is -3.66. The van der Waals surface area contributed by atoms with Crippen LogP contribution in [0.5, 0.6) is 0 Å². The fraction of sp³-hybridized carbons (Fsp3) is 0.273. The summed E-state index contributed by atoms with van der Waals surface area (Å²) in [5, 5.41) is 11.3. The third-order valence-corrected chi connectivity index (χ3v) is 4.18. The van der Waals surface area contributed by atoms with Gasteiger partial charge in [-0.15, -0.1) is 0 Å². The van der Waals surface area contributed by atoms with Crippen molar-refractivity contribution in [3.8, 4) is 17.7 Å². The predicted octanol–water partition coefficient (Wildman–Crippen LogP) is 1.10. The first-order chi connectivity index (χ1) is 9.40. The van der Waals surface area contributed by atoms with Crippen molar-refractivity contribution < 1.29 is 17.3 Å². The number of nitrogens with one attached hydrogen (secondary N) is 1. The molecular weight excluding hydrogens is 284 g/mol. The van der Waals surface area contributed by atoms with Crippen LogP contribution in [0.15, 0.2) is 26.1 Å². The number of furan rings is 1. The molecule has 2 aromatic rings. The highest BCUT2D eigenvalue weighted by molar-refractivity contribution is 7.88. The molecule has 0 fully saturated rings. The lowest BCUT2D eigenvalue weighted by molar-refractivity contribution is 0.424. The van der Waals surface area contributed by atoms with E-state index in [2.05, 4.69) is 10.3 Å². The lowest BCUT2D eigenvalue weighted by Gasteiger charge is -2.07. The molecule has 2 aromatic heterocycles. The van der Waals surface area contributed by atoms with Crippen LogP contribution in [0.4, 0.5) is 5.88 Å². The summed E-state index contributed by atoms with van der Waals surface area (Å²) >= 11 is 0. The quantitative estimate of drug-likeness (QED) is 0.898. The first-order valence-electron chi connectivity index (χ1n) is 5.51. The van der Waals surface area contributed by atoms with Crippen LogP contribution in [0.3, 0.4) is 0 Å². The molecule has 0 unspecified atom stereocenters. The number of aromatic nitrogens is 1. The number of anilines is 1. The Kier molecular flexibility index (Phi) is 3.52. The standard InChI is InChI=1S/C11H12N4O4S/c1-13-10-7(6-12)14-11(19-10)8-4-5-9(18-8)20(16,17)15(2)3/h4-5,13H,1-3H3. The summed E-state index contributed by atoms with van der Waals surface area (Å²) in [6.45, 7) is 0. The summed E-state index contributed by atoms with van der Waals surface area (Å²) < 4.78 is 35.3. The van der Waals surface area contributed by atoms with Gasteiger partial charge in [0.05, 0.1) is 0 Å². The van der Waals surface area contributed by atoms with Gasteiger partial charge in [-0.3, -0.25) is 0 Å². The third-order valence-electron chi connectivity index (χ3n) is 2.49. The Hall–Kier alpha value is -2.31. The Bertz CT molecular complexity index is 767. The molecule has 8 nitrogen and oxygen atoms in total. The average molecular weight is 296 g/mol. The molecule has 0 aromatic carbocycles. The van der Waals surface area contributed by atoms with E-state index < -0.39 is 10.0 Å². The molecule has 1 N–H and O–H groups in total. The van der Waals surface area contributed by atoms with E-state index in [9.17, 15) is 8.42 Å². The highest BCUT2D eigenvalue weighted by Crippen LogP contribution is 2.28. The zero-order valence-electron chi connectivity index (χ0n) is 11.0. The average Bonchev–Trinajstić information content (AvgIpc) is 3.04. The van der Waals surface area contributed by atoms with E-state index in [1.807, 2.05) is 6.07 Å². The normalized spacial score (nSPS) is 11.6. The molecule has 0 saturated carbocycles. The Morgan fingerprint density at radius 3 is 2.55 bits per heavy atom. The summed E-state index contributed by atoms with van der Waals surface area (Å²) in [7, 11) is 0.713. The van der Waals surface area contributed by atoms with Crippen LogP contribution in [0.1, 0.15) is 5.69 Å². The molecule has 0 bridgehead atoms. The molecule has 0 saturated heterocycles. The lowest BCUT2D eigenvalue weighted by Crippen LogP contribution is -2.21. The molecule has 0 aliphatic rings. The maximum absolute atomic E-state index is 11.9. The summed E-state index contributed by atoms with van der Waals surface area (Å²) in [5.41, 5.74) is 0.0657. The second kappa shape index (κ2) is 4.99. The van der Waals surface area contributed by atoms with Crippen LogP contribution >= 0.6 is 0 Å². The molecule has 0 atom stereocenters. The summed E-state index contributed by atoms with van der Waals surface area (Å²) in [6, 6.07) is 4.58. The van der Waals surface area contributed by atoms with Crippen molar-refractivity contribution in [1.82, 2.24) is 9.29 Å². The molecule has 20 heavy (non-hydrogen) atoms. The smallest absolute Gasteiger partial charge is 0.275 e. The Balaban J connectivity index is 2.44. The Morgan fingerprint density at radius 2 is 2.05 bits per heavy atom. The van der Waals surface area contributed by atoms with E-state index in [0.717, 1.165) is 4.31 Å². The number of nitrogens with zero attached hydrogens (tertiary/aromatic N) is 3. The van der Waals surface area contributed by atoms with Crippen molar-refractivity contribution >= 4 is 15.9 Å². The van der Waals surface area contributed by atoms with Gasteiger partial charge in [0.25, 0.3) is 15.9 Å². The van der Waals surface area contributed by atoms with Gasteiger partial charge >= 0.3 is 0 Å². The zero-order chi connectivity index (χ0) is 14.9. The largest absolute Gasteiger partial charge is 0.438 e. The highest BCUT2D eigenvalue weighted by atomic mass is 32.2. The lowest BCUT2D eigenvalue weighted by atomic mass is 10.4. The van der Waals surface area contributed by atoms with Gasteiger partial charge in [-0.1, -0.05) is 0 Å². The molecule has 2 heterocycles. The van der Waals surface area contributed by atoms with Crippen LogP contribution in [-0.2, 0) is 10.0 Å². The minimum absolute atomic E-state index is 0.0334. The molecule has 0 spiro atoms. The number of nitriles is 1. The number of hydrogen-bond donors (Lipinski definition) is 1. The molecule has 9 heteroatoms. The van der Waals surface area contributed by atoms with E-state index in [1.165, 1.54) is 26.2 Å². The Labute approximate surface area is 115 Å². The summed E-state index contributed by atoms with van der Waals surface area (Å²) in [5.74, 6) is 0.352. The fourth-order valence-corrected chi connectivity index (χ4v) is 2.22. The van der Waals surface area contributed by atoms with Gasteiger partial charge in [0.15, 0.2) is 5.76 Å². The van der Waals surface area contributed by atoms with E-state index in [0.29, 0.717) is 0 Å². The summed E-state index contributed by atoms with van der Waals surface area (Å²) in [4.78, 5) is 3.92. The van der Waals surface area contributed by atoms with Gasteiger partial charge in [0.2, 0.25) is 16.7 Å². The molecule has 0 aliphatic heterocycles. The van der Waals surface area contributed by atoms with Gasteiger partial charge in [-0.05, 0) is 12.1 Å². The fourth-order valence-electron chi connectivity index (χ4n) is 1.42. The zero-order valence-corrected chi connectivity index (χ0v) is 11.9. The van der Waals surface area contributed by atoms with Gasteiger partial charge in [-0.25, -0.2) is 12.7 Å². The molecule has 0 aliphatic carbocycles. The monoisotopic (exact) mass is 296 g/mol. The van der Waals surface area contributed by atoms with Crippen LogP contribution in [-0.4, -0.2) is 38.9 Å². The van der Waals surface area contributed by atoms with Gasteiger partial charge in [0.1, 0.15) is 6.07 Å². The van der Waals surface area contributed by atoms with E-state index in [4.69, 9.17) is 14.1 Å². The topological polar surface area (TPSA) is 112 Å². The van der Waals surface area contributed by atoms with Crippen LogP contribution in [0.25, 0.3) is 11.7 Å². The van der Waals surface area contributed by atoms with Crippen molar-refractivity contribution in [3.63, 3.8) is 0 Å². The maximum Gasteiger partial charge on any atom is 0.275 e. The van der Waals surface area contributed by atoms with Gasteiger partial charge < -0.3 is 14.2 Å².